The van der Waals surface area contributed by atoms with Gasteiger partial charge in [0.2, 0.25) is 10.0 Å². The Morgan fingerprint density at radius 1 is 1.00 bits per heavy atom. The van der Waals surface area contributed by atoms with Crippen molar-refractivity contribution in [3.05, 3.63) is 65.2 Å². The molecule has 3 nitrogen and oxygen atoms in total. The number of rotatable bonds is 5. The van der Waals surface area contributed by atoms with Crippen LogP contribution in [0.15, 0.2) is 53.4 Å². The molecule has 0 amide bonds. The van der Waals surface area contributed by atoms with E-state index in [9.17, 15) is 21.6 Å². The molecule has 0 bridgehead atoms. The maximum Gasteiger partial charge on any atom is 0.416 e. The van der Waals surface area contributed by atoms with Gasteiger partial charge in [-0.15, -0.1) is 0 Å². The lowest BCUT2D eigenvalue weighted by Crippen LogP contribution is -2.30. The predicted octanol–water partition coefficient (Wildman–Crippen LogP) is 4.44. The molecule has 1 fully saturated rings. The third-order valence-electron chi connectivity index (χ3n) is 4.30. The highest BCUT2D eigenvalue weighted by atomic mass is 32.2. The normalized spacial score (nSPS) is 16.6. The van der Waals surface area contributed by atoms with Crippen LogP contribution in [0.4, 0.5) is 13.2 Å². The van der Waals surface area contributed by atoms with Crippen molar-refractivity contribution in [3.8, 4) is 0 Å². The molecule has 1 N–H and O–H groups in total. The third kappa shape index (κ3) is 4.22. The van der Waals surface area contributed by atoms with Gasteiger partial charge >= 0.3 is 6.18 Å². The number of hydrogen-bond donors (Lipinski definition) is 1. The summed E-state index contributed by atoms with van der Waals surface area (Å²) in [6.45, 7) is 1.86. The molecule has 0 saturated heterocycles. The van der Waals surface area contributed by atoms with E-state index in [0.717, 1.165) is 30.5 Å². The molecule has 1 atom stereocenters. The number of halogens is 3. The second kappa shape index (κ2) is 6.46. The van der Waals surface area contributed by atoms with Crippen molar-refractivity contribution in [1.82, 2.24) is 4.72 Å². The van der Waals surface area contributed by atoms with Gasteiger partial charge in [0.1, 0.15) is 0 Å². The molecule has 0 aliphatic heterocycles. The summed E-state index contributed by atoms with van der Waals surface area (Å²) in [5.41, 5.74) is 0.749. The van der Waals surface area contributed by atoms with Gasteiger partial charge in [0.25, 0.3) is 0 Å². The van der Waals surface area contributed by atoms with Crippen LogP contribution in [0.3, 0.4) is 0 Å². The smallest absolute Gasteiger partial charge is 0.207 e. The van der Waals surface area contributed by atoms with E-state index in [0.29, 0.717) is 5.56 Å². The fourth-order valence-corrected chi connectivity index (χ4v) is 3.99. The number of benzene rings is 2. The summed E-state index contributed by atoms with van der Waals surface area (Å²) in [5.74, 6) is 0.108. The standard InChI is InChI=1S/C18H18F3NO2S/c1-12-2-10-16(11-3-12)25(23,24)22-17(13-4-5-13)14-6-8-15(9-7-14)18(19,20)21/h2-3,6-11,13,17,22H,4-5H2,1H3/t17-/m0/s1. The van der Waals surface area contributed by atoms with Crippen molar-refractivity contribution < 1.29 is 21.6 Å². The van der Waals surface area contributed by atoms with Gasteiger partial charge in [-0.05, 0) is 55.5 Å². The minimum Gasteiger partial charge on any atom is -0.207 e. The monoisotopic (exact) mass is 369 g/mol. The van der Waals surface area contributed by atoms with Crippen LogP contribution < -0.4 is 4.72 Å². The lowest BCUT2D eigenvalue weighted by atomic mass is 10.0. The van der Waals surface area contributed by atoms with E-state index in [1.807, 2.05) is 6.92 Å². The highest BCUT2D eigenvalue weighted by molar-refractivity contribution is 7.89. The summed E-state index contributed by atoms with van der Waals surface area (Å²) < 4.78 is 66.0. The molecule has 1 saturated carbocycles. The highest BCUT2D eigenvalue weighted by Crippen LogP contribution is 2.42. The van der Waals surface area contributed by atoms with E-state index >= 15 is 0 Å². The quantitative estimate of drug-likeness (QED) is 0.847. The number of alkyl halides is 3. The fourth-order valence-electron chi connectivity index (χ4n) is 2.70. The largest absolute Gasteiger partial charge is 0.416 e. The summed E-state index contributed by atoms with van der Waals surface area (Å²) in [7, 11) is -3.74. The van der Waals surface area contributed by atoms with Crippen molar-refractivity contribution in [2.75, 3.05) is 0 Å². The average molecular weight is 369 g/mol. The Labute approximate surface area is 144 Å². The highest BCUT2D eigenvalue weighted by Gasteiger charge is 2.36. The van der Waals surface area contributed by atoms with Crippen molar-refractivity contribution >= 4 is 10.0 Å². The maximum absolute atomic E-state index is 12.7. The second-order valence-electron chi connectivity index (χ2n) is 6.37. The molecule has 1 aliphatic rings. The minimum atomic E-state index is -4.41. The van der Waals surface area contributed by atoms with Gasteiger partial charge in [-0.2, -0.15) is 13.2 Å². The number of nitrogens with one attached hydrogen (secondary N) is 1. The number of hydrogen-bond acceptors (Lipinski definition) is 2. The van der Waals surface area contributed by atoms with Crippen LogP contribution in [0, 0.1) is 12.8 Å². The molecular weight excluding hydrogens is 351 g/mol. The van der Waals surface area contributed by atoms with Gasteiger partial charge < -0.3 is 0 Å². The molecule has 0 aromatic heterocycles. The minimum absolute atomic E-state index is 0.108. The van der Waals surface area contributed by atoms with Gasteiger partial charge in [0, 0.05) is 6.04 Å². The summed E-state index contributed by atoms with van der Waals surface area (Å²) in [6, 6.07) is 10.6. The van der Waals surface area contributed by atoms with Crippen LogP contribution in [0.1, 0.15) is 35.6 Å². The van der Waals surface area contributed by atoms with E-state index in [1.165, 1.54) is 24.3 Å². The van der Waals surface area contributed by atoms with E-state index in [1.54, 1.807) is 12.1 Å². The van der Waals surface area contributed by atoms with E-state index in [-0.39, 0.29) is 10.8 Å². The van der Waals surface area contributed by atoms with Crippen LogP contribution in [-0.4, -0.2) is 8.42 Å². The second-order valence-corrected chi connectivity index (χ2v) is 8.08. The fraction of sp³-hybridized carbons (Fsp3) is 0.333. The SMILES string of the molecule is Cc1ccc(S(=O)(=O)N[C@H](c2ccc(C(F)(F)F)cc2)C2CC2)cc1. The van der Waals surface area contributed by atoms with E-state index < -0.39 is 27.8 Å². The zero-order valence-corrected chi connectivity index (χ0v) is 14.4. The Kier molecular flexibility index (Phi) is 4.64. The van der Waals surface area contributed by atoms with Crippen molar-refractivity contribution in [2.45, 2.75) is 36.9 Å². The molecule has 0 unspecified atom stereocenters. The zero-order chi connectivity index (χ0) is 18.2. The Morgan fingerprint density at radius 3 is 2.04 bits per heavy atom. The molecule has 2 aromatic rings. The maximum atomic E-state index is 12.7. The lowest BCUT2D eigenvalue weighted by Gasteiger charge is -2.19. The molecule has 25 heavy (non-hydrogen) atoms. The first-order chi connectivity index (χ1) is 11.7. The lowest BCUT2D eigenvalue weighted by molar-refractivity contribution is -0.137. The molecule has 2 aromatic carbocycles. The van der Waals surface area contributed by atoms with Crippen molar-refractivity contribution in [1.29, 1.82) is 0 Å². The van der Waals surface area contributed by atoms with Crippen molar-refractivity contribution in [2.24, 2.45) is 5.92 Å². The first-order valence-electron chi connectivity index (χ1n) is 7.93. The molecular formula is C18H18F3NO2S. The first-order valence-corrected chi connectivity index (χ1v) is 9.41. The molecule has 1 aliphatic carbocycles. The van der Waals surface area contributed by atoms with Gasteiger partial charge in [0.15, 0.2) is 0 Å². The van der Waals surface area contributed by atoms with Crippen molar-refractivity contribution in [3.63, 3.8) is 0 Å². The summed E-state index contributed by atoms with van der Waals surface area (Å²) in [4.78, 5) is 0.149. The topological polar surface area (TPSA) is 46.2 Å². The van der Waals surface area contributed by atoms with Crippen LogP contribution in [0.2, 0.25) is 0 Å². The molecule has 0 radical (unpaired) electrons. The molecule has 0 spiro atoms. The summed E-state index contributed by atoms with van der Waals surface area (Å²) in [6.07, 6.45) is -2.71. The molecule has 7 heteroatoms. The Morgan fingerprint density at radius 2 is 1.56 bits per heavy atom. The number of sulfonamides is 1. The predicted molar refractivity (Wildman–Crippen MR) is 88.4 cm³/mol. The van der Waals surface area contributed by atoms with Crippen LogP contribution in [-0.2, 0) is 16.2 Å². The number of aryl methyl sites for hydroxylation is 1. The zero-order valence-electron chi connectivity index (χ0n) is 13.5. The van der Waals surface area contributed by atoms with Crippen LogP contribution in [0.25, 0.3) is 0 Å². The molecule has 134 valence electrons. The van der Waals surface area contributed by atoms with Gasteiger partial charge in [-0.25, -0.2) is 13.1 Å². The average Bonchev–Trinajstić information content (AvgIpc) is 3.37. The van der Waals surface area contributed by atoms with Gasteiger partial charge in [-0.1, -0.05) is 29.8 Å². The van der Waals surface area contributed by atoms with Crippen LogP contribution >= 0.6 is 0 Å². The summed E-state index contributed by atoms with van der Waals surface area (Å²) >= 11 is 0. The molecule has 0 heterocycles. The van der Waals surface area contributed by atoms with E-state index in [4.69, 9.17) is 0 Å². The van der Waals surface area contributed by atoms with E-state index in [2.05, 4.69) is 4.72 Å². The Bertz CT molecular complexity index is 839. The first kappa shape index (κ1) is 17.9. The third-order valence-corrected chi connectivity index (χ3v) is 5.76. The Hall–Kier alpha value is -1.86. The van der Waals surface area contributed by atoms with Gasteiger partial charge in [0.05, 0.1) is 10.5 Å². The van der Waals surface area contributed by atoms with Gasteiger partial charge in [-0.3, -0.25) is 0 Å². The Balaban J connectivity index is 1.86. The van der Waals surface area contributed by atoms with Crippen LogP contribution in [0.5, 0.6) is 0 Å². The summed E-state index contributed by atoms with van der Waals surface area (Å²) in [5, 5.41) is 0. The molecule has 3 rings (SSSR count).